The Bertz CT molecular complexity index is 1720. The molecule has 1 fully saturated rings. The summed E-state index contributed by atoms with van der Waals surface area (Å²) in [5.41, 5.74) is 3.33. The van der Waals surface area contributed by atoms with Crippen LogP contribution in [0, 0.1) is 5.82 Å². The van der Waals surface area contributed by atoms with Crippen LogP contribution < -0.4 is 9.47 Å². The molecule has 6 rings (SSSR count). The Balaban J connectivity index is 1.18. The zero-order valence-corrected chi connectivity index (χ0v) is 24.3. The van der Waals surface area contributed by atoms with Crippen LogP contribution in [0.1, 0.15) is 57.7 Å². The van der Waals surface area contributed by atoms with Gasteiger partial charge in [-0.1, -0.05) is 41.9 Å². The minimum absolute atomic E-state index is 0.102. The highest BCUT2D eigenvalue weighted by atomic mass is 35.5. The number of aromatic nitrogens is 2. The number of carbonyl (C=O) groups excluding carboxylic acids is 1. The quantitative estimate of drug-likeness (QED) is 0.205. The molecule has 0 unspecified atom stereocenters. The van der Waals surface area contributed by atoms with E-state index in [1.54, 1.807) is 29.8 Å². The zero-order chi connectivity index (χ0) is 30.2. The maximum absolute atomic E-state index is 14.7. The number of nitrogens with zero attached hydrogens (tertiary/aromatic N) is 3. The Labute approximate surface area is 251 Å². The number of aryl methyl sites for hydroxylation is 1. The number of carbonyl (C=O) groups is 1. The number of fused-ring (bicyclic) bond motifs is 2. The fourth-order valence-corrected chi connectivity index (χ4v) is 6.05. The summed E-state index contributed by atoms with van der Waals surface area (Å²) in [5.74, 6) is 0.431. The number of likely N-dealkylation sites (tertiary alicyclic amines) is 1. The molecule has 0 bridgehead atoms. The maximum atomic E-state index is 14.7. The van der Waals surface area contributed by atoms with Crippen LogP contribution in [0.15, 0.2) is 54.6 Å². The first-order chi connectivity index (χ1) is 20.7. The van der Waals surface area contributed by atoms with Crippen molar-refractivity contribution in [2.75, 3.05) is 20.2 Å². The summed E-state index contributed by atoms with van der Waals surface area (Å²) in [6.07, 6.45) is 4.99. The lowest BCUT2D eigenvalue weighted by atomic mass is 9.87. The van der Waals surface area contributed by atoms with Gasteiger partial charge in [0.1, 0.15) is 29.0 Å². The van der Waals surface area contributed by atoms with Gasteiger partial charge in [0.15, 0.2) is 5.75 Å². The van der Waals surface area contributed by atoms with Gasteiger partial charge in [0.05, 0.1) is 24.7 Å². The highest BCUT2D eigenvalue weighted by molar-refractivity contribution is 6.30. The third-order valence-corrected chi connectivity index (χ3v) is 8.35. The molecule has 0 saturated carbocycles. The molecule has 0 radical (unpaired) electrons. The standard InChI is InChI=1S/C32H29ClF3N3O4/c1-38-25-14-20(31(40)41-2)15-27(43-32(35)36)29(25)37-28(38)17-39-12-10-18(11-13-39)22-5-3-4-19-6-9-26(42-30(19)22)23-8-7-21(33)16-24(23)34/h3-9,14-16,18,26,32H,10-13,17H2,1-2H3/t26-/m0/s1. The van der Waals surface area contributed by atoms with E-state index in [-0.39, 0.29) is 22.7 Å². The summed E-state index contributed by atoms with van der Waals surface area (Å²) in [5, 5.41) is 0.334. The average molecular weight is 612 g/mol. The van der Waals surface area contributed by atoms with E-state index in [4.69, 9.17) is 25.8 Å². The fraction of sp³-hybridized carbons (Fsp3) is 0.312. The third kappa shape index (κ3) is 5.81. The van der Waals surface area contributed by atoms with Crippen molar-refractivity contribution in [1.82, 2.24) is 14.5 Å². The summed E-state index contributed by atoms with van der Waals surface area (Å²) < 4.78 is 58.6. The van der Waals surface area contributed by atoms with Crippen LogP contribution in [-0.2, 0) is 18.3 Å². The molecule has 1 aromatic heterocycles. The lowest BCUT2D eigenvalue weighted by Gasteiger charge is -2.34. The van der Waals surface area contributed by atoms with E-state index in [0.717, 1.165) is 42.8 Å². The molecule has 0 N–H and O–H groups in total. The van der Waals surface area contributed by atoms with E-state index in [0.29, 0.717) is 28.5 Å². The molecule has 11 heteroatoms. The van der Waals surface area contributed by atoms with Gasteiger partial charge in [-0.15, -0.1) is 0 Å². The molecule has 1 atom stereocenters. The molecule has 0 spiro atoms. The number of imidazole rings is 1. The number of piperidine rings is 1. The number of alkyl halides is 2. The summed E-state index contributed by atoms with van der Waals surface area (Å²) in [4.78, 5) is 19.0. The van der Waals surface area contributed by atoms with Crippen molar-refractivity contribution < 1.29 is 32.2 Å². The predicted octanol–water partition coefficient (Wildman–Crippen LogP) is 7.28. The average Bonchev–Trinajstić information content (AvgIpc) is 3.31. The molecule has 2 aliphatic rings. The van der Waals surface area contributed by atoms with E-state index in [1.807, 2.05) is 24.3 Å². The second-order valence-electron chi connectivity index (χ2n) is 10.7. The second-order valence-corrected chi connectivity index (χ2v) is 11.1. The predicted molar refractivity (Wildman–Crippen MR) is 156 cm³/mol. The Morgan fingerprint density at radius 1 is 1.14 bits per heavy atom. The first kappa shape index (κ1) is 29.1. The first-order valence-corrected chi connectivity index (χ1v) is 14.3. The van der Waals surface area contributed by atoms with Crippen molar-refractivity contribution in [3.05, 3.63) is 93.5 Å². The zero-order valence-electron chi connectivity index (χ0n) is 23.5. The number of halogens is 4. The molecule has 2 aliphatic heterocycles. The Morgan fingerprint density at radius 2 is 1.93 bits per heavy atom. The van der Waals surface area contributed by atoms with Crippen LogP contribution >= 0.6 is 11.6 Å². The molecule has 0 aliphatic carbocycles. The van der Waals surface area contributed by atoms with E-state index >= 15 is 0 Å². The number of hydrogen-bond donors (Lipinski definition) is 0. The van der Waals surface area contributed by atoms with Crippen LogP contribution in [0.2, 0.25) is 5.02 Å². The van der Waals surface area contributed by atoms with Crippen LogP contribution in [0.4, 0.5) is 13.2 Å². The summed E-state index contributed by atoms with van der Waals surface area (Å²) in [6.45, 7) is -1.03. The smallest absolute Gasteiger partial charge is 0.387 e. The van der Waals surface area contributed by atoms with Gasteiger partial charge in [0, 0.05) is 23.2 Å². The van der Waals surface area contributed by atoms with Gasteiger partial charge in [0.25, 0.3) is 0 Å². The lowest BCUT2D eigenvalue weighted by molar-refractivity contribution is -0.0489. The van der Waals surface area contributed by atoms with E-state index in [9.17, 15) is 18.0 Å². The highest BCUT2D eigenvalue weighted by Crippen LogP contribution is 2.42. The molecule has 1 saturated heterocycles. The van der Waals surface area contributed by atoms with Crippen molar-refractivity contribution in [3.63, 3.8) is 0 Å². The Kier molecular flexibility index (Phi) is 8.07. The van der Waals surface area contributed by atoms with Crippen LogP contribution in [-0.4, -0.2) is 47.2 Å². The van der Waals surface area contributed by atoms with Crippen molar-refractivity contribution in [1.29, 1.82) is 0 Å². The molecule has 7 nitrogen and oxygen atoms in total. The van der Waals surface area contributed by atoms with Crippen molar-refractivity contribution in [2.24, 2.45) is 7.05 Å². The molecule has 0 amide bonds. The third-order valence-electron chi connectivity index (χ3n) is 8.11. The number of rotatable bonds is 7. The minimum atomic E-state index is -3.07. The van der Waals surface area contributed by atoms with Gasteiger partial charge in [0.2, 0.25) is 0 Å². The molecule has 3 aromatic carbocycles. The van der Waals surface area contributed by atoms with Gasteiger partial charge in [-0.3, -0.25) is 4.90 Å². The monoisotopic (exact) mass is 611 g/mol. The van der Waals surface area contributed by atoms with Crippen molar-refractivity contribution in [3.8, 4) is 11.5 Å². The number of benzene rings is 3. The van der Waals surface area contributed by atoms with Crippen LogP contribution in [0.3, 0.4) is 0 Å². The molecular formula is C32H29ClF3N3O4. The van der Waals surface area contributed by atoms with Crippen molar-refractivity contribution >= 4 is 34.7 Å². The number of methoxy groups -OCH3 is 1. The summed E-state index contributed by atoms with van der Waals surface area (Å²) in [6, 6.07) is 13.5. The van der Waals surface area contributed by atoms with E-state index in [2.05, 4.69) is 16.0 Å². The van der Waals surface area contributed by atoms with Crippen molar-refractivity contribution in [2.45, 2.75) is 38.0 Å². The molecule has 4 aromatic rings. The van der Waals surface area contributed by atoms with Gasteiger partial charge >= 0.3 is 12.6 Å². The second kappa shape index (κ2) is 11.9. The first-order valence-electron chi connectivity index (χ1n) is 13.9. The fourth-order valence-electron chi connectivity index (χ4n) is 5.89. The summed E-state index contributed by atoms with van der Waals surface area (Å²) in [7, 11) is 3.01. The minimum Gasteiger partial charge on any atom is -0.481 e. The summed E-state index contributed by atoms with van der Waals surface area (Å²) >= 11 is 5.95. The largest absolute Gasteiger partial charge is 0.481 e. The highest BCUT2D eigenvalue weighted by Gasteiger charge is 2.29. The number of para-hydroxylation sites is 1. The van der Waals surface area contributed by atoms with Gasteiger partial charge < -0.3 is 18.8 Å². The Hall–Kier alpha value is -4.02. The van der Waals surface area contributed by atoms with Crippen LogP contribution in [0.5, 0.6) is 11.5 Å². The number of ether oxygens (including phenoxy) is 3. The number of hydrogen-bond acceptors (Lipinski definition) is 6. The maximum Gasteiger partial charge on any atom is 0.387 e. The molecule has 224 valence electrons. The van der Waals surface area contributed by atoms with Gasteiger partial charge in [-0.2, -0.15) is 8.78 Å². The lowest BCUT2D eigenvalue weighted by Crippen LogP contribution is -2.33. The Morgan fingerprint density at radius 3 is 2.65 bits per heavy atom. The normalized spacial score (nSPS) is 17.2. The molecule has 3 heterocycles. The van der Waals surface area contributed by atoms with Gasteiger partial charge in [-0.25, -0.2) is 14.2 Å². The number of esters is 1. The SMILES string of the molecule is COC(=O)c1cc(OC(F)F)c2nc(CN3CCC(c4cccc5c4O[C@H](c4ccc(Cl)cc4F)C=C5)CC3)n(C)c2c1. The molecular weight excluding hydrogens is 583 g/mol. The van der Waals surface area contributed by atoms with Gasteiger partial charge in [-0.05, 0) is 67.8 Å². The van der Waals surface area contributed by atoms with E-state index in [1.165, 1.54) is 19.2 Å². The van der Waals surface area contributed by atoms with Crippen LogP contribution in [0.25, 0.3) is 17.1 Å². The topological polar surface area (TPSA) is 65.8 Å². The molecule has 43 heavy (non-hydrogen) atoms. The van der Waals surface area contributed by atoms with E-state index < -0.39 is 24.5 Å².